The Hall–Kier alpha value is -1.10. The van der Waals surface area contributed by atoms with E-state index in [0.717, 1.165) is 32.4 Å². The molecule has 0 bridgehead atoms. The summed E-state index contributed by atoms with van der Waals surface area (Å²) in [7, 11) is 0. The second kappa shape index (κ2) is 4.82. The summed E-state index contributed by atoms with van der Waals surface area (Å²) in [5, 5.41) is 5.99. The number of carbonyl (C=O) groups excluding carboxylic acids is 2. The summed E-state index contributed by atoms with van der Waals surface area (Å²) in [6, 6.07) is -0.498. The van der Waals surface area contributed by atoms with E-state index in [4.69, 9.17) is 0 Å². The summed E-state index contributed by atoms with van der Waals surface area (Å²) in [4.78, 5) is 24.9. The Morgan fingerprint density at radius 2 is 2.25 bits per heavy atom. The maximum Gasteiger partial charge on any atom is 0.324 e. The number of nitrogens with zero attached hydrogens (tertiary/aromatic N) is 1. The highest BCUT2D eigenvalue weighted by molar-refractivity contribution is 6.04. The molecule has 2 aliphatic heterocycles. The Balaban J connectivity index is 1.93. The molecular formula is C11H19N3O2. The quantitative estimate of drug-likeness (QED) is 0.677. The first-order chi connectivity index (χ1) is 7.72. The number of imide groups is 1. The number of urea groups is 1. The molecule has 2 atom stereocenters. The molecule has 0 radical (unpaired) electrons. The highest BCUT2D eigenvalue weighted by atomic mass is 16.2. The minimum Gasteiger partial charge on any atom is -0.326 e. The molecule has 0 aromatic rings. The third-order valence-electron chi connectivity index (χ3n) is 3.29. The van der Waals surface area contributed by atoms with Crippen LogP contribution in [0.5, 0.6) is 0 Å². The number of rotatable bonds is 4. The van der Waals surface area contributed by atoms with Crippen LogP contribution in [0.1, 0.15) is 26.2 Å². The molecule has 0 aromatic carbocycles. The zero-order chi connectivity index (χ0) is 11.5. The third kappa shape index (κ3) is 2.19. The summed E-state index contributed by atoms with van der Waals surface area (Å²) in [6.07, 6.45) is 2.70. The van der Waals surface area contributed by atoms with Gasteiger partial charge in [0.15, 0.2) is 0 Å². The van der Waals surface area contributed by atoms with Crippen molar-refractivity contribution in [3.8, 4) is 0 Å². The summed E-state index contributed by atoms with van der Waals surface area (Å²) < 4.78 is 0. The van der Waals surface area contributed by atoms with Crippen molar-refractivity contribution in [2.75, 3.05) is 19.6 Å². The van der Waals surface area contributed by atoms with Crippen molar-refractivity contribution < 1.29 is 9.59 Å². The molecule has 90 valence electrons. The Morgan fingerprint density at radius 3 is 2.88 bits per heavy atom. The summed E-state index contributed by atoms with van der Waals surface area (Å²) in [5.41, 5.74) is 0. The van der Waals surface area contributed by atoms with E-state index in [1.807, 2.05) is 6.92 Å². The molecule has 2 unspecified atom stereocenters. The van der Waals surface area contributed by atoms with Crippen molar-refractivity contribution in [1.29, 1.82) is 0 Å². The molecule has 2 heterocycles. The second-order valence-electron chi connectivity index (χ2n) is 4.60. The lowest BCUT2D eigenvalue weighted by atomic mass is 10.1. The van der Waals surface area contributed by atoms with Gasteiger partial charge in [0.2, 0.25) is 0 Å². The Labute approximate surface area is 95.6 Å². The number of hydrogen-bond donors (Lipinski definition) is 2. The lowest BCUT2D eigenvalue weighted by molar-refractivity contribution is -0.128. The minimum atomic E-state index is -0.285. The molecule has 5 nitrogen and oxygen atoms in total. The lowest BCUT2D eigenvalue weighted by Crippen LogP contribution is -2.36. The smallest absolute Gasteiger partial charge is 0.324 e. The first-order valence-electron chi connectivity index (χ1n) is 6.05. The topological polar surface area (TPSA) is 61.4 Å². The Morgan fingerprint density at radius 1 is 1.44 bits per heavy atom. The molecule has 0 spiro atoms. The van der Waals surface area contributed by atoms with Crippen molar-refractivity contribution in [3.05, 3.63) is 0 Å². The molecule has 2 saturated heterocycles. The van der Waals surface area contributed by atoms with Crippen molar-refractivity contribution in [2.45, 2.75) is 32.2 Å². The molecular weight excluding hydrogens is 206 g/mol. The average Bonchev–Trinajstić information content (AvgIpc) is 2.84. The maximum atomic E-state index is 11.9. The van der Waals surface area contributed by atoms with Gasteiger partial charge < -0.3 is 10.6 Å². The largest absolute Gasteiger partial charge is 0.326 e. The average molecular weight is 225 g/mol. The van der Waals surface area contributed by atoms with Crippen molar-refractivity contribution in [1.82, 2.24) is 15.5 Å². The van der Waals surface area contributed by atoms with E-state index in [0.29, 0.717) is 12.5 Å². The second-order valence-corrected chi connectivity index (χ2v) is 4.60. The number of amides is 3. The molecule has 2 aliphatic rings. The first-order valence-corrected chi connectivity index (χ1v) is 6.05. The van der Waals surface area contributed by atoms with Gasteiger partial charge in [-0.25, -0.2) is 4.79 Å². The predicted molar refractivity (Wildman–Crippen MR) is 59.9 cm³/mol. The summed E-state index contributed by atoms with van der Waals surface area (Å²) in [6.45, 7) is 4.49. The van der Waals surface area contributed by atoms with E-state index < -0.39 is 0 Å². The van der Waals surface area contributed by atoms with E-state index in [2.05, 4.69) is 10.6 Å². The molecule has 16 heavy (non-hydrogen) atoms. The van der Waals surface area contributed by atoms with Crippen molar-refractivity contribution >= 4 is 11.9 Å². The van der Waals surface area contributed by atoms with Crippen LogP contribution in [0.15, 0.2) is 0 Å². The highest BCUT2D eigenvalue weighted by Gasteiger charge is 2.38. The third-order valence-corrected chi connectivity index (χ3v) is 3.29. The van der Waals surface area contributed by atoms with Crippen LogP contribution in [-0.2, 0) is 4.79 Å². The molecule has 0 saturated carbocycles. The predicted octanol–water partition coefficient (Wildman–Crippen LogP) is 0.316. The molecule has 5 heteroatoms. The monoisotopic (exact) mass is 225 g/mol. The Bertz CT molecular complexity index is 287. The van der Waals surface area contributed by atoms with Gasteiger partial charge in [0.1, 0.15) is 6.04 Å². The van der Waals surface area contributed by atoms with Gasteiger partial charge in [0, 0.05) is 6.54 Å². The van der Waals surface area contributed by atoms with Gasteiger partial charge in [-0.2, -0.15) is 0 Å². The van der Waals surface area contributed by atoms with E-state index in [1.165, 1.54) is 4.90 Å². The SMILES string of the molecule is CCCC1NC(=O)N(CC2CCNC2)C1=O. The van der Waals surface area contributed by atoms with E-state index in [1.54, 1.807) is 0 Å². The van der Waals surface area contributed by atoms with Gasteiger partial charge in [-0.1, -0.05) is 13.3 Å². The number of nitrogens with one attached hydrogen (secondary N) is 2. The first kappa shape index (κ1) is 11.4. The molecule has 2 fully saturated rings. The normalized spacial score (nSPS) is 29.9. The van der Waals surface area contributed by atoms with Crippen LogP contribution < -0.4 is 10.6 Å². The van der Waals surface area contributed by atoms with Crippen LogP contribution in [0.3, 0.4) is 0 Å². The van der Waals surface area contributed by atoms with Crippen LogP contribution >= 0.6 is 0 Å². The zero-order valence-electron chi connectivity index (χ0n) is 9.66. The van der Waals surface area contributed by atoms with Crippen LogP contribution in [0.25, 0.3) is 0 Å². The number of carbonyl (C=O) groups is 2. The fourth-order valence-corrected chi connectivity index (χ4v) is 2.36. The van der Waals surface area contributed by atoms with Gasteiger partial charge in [-0.05, 0) is 31.8 Å². The number of hydrogen-bond acceptors (Lipinski definition) is 3. The fraction of sp³-hybridized carbons (Fsp3) is 0.818. The van der Waals surface area contributed by atoms with Crippen LogP contribution in [0.2, 0.25) is 0 Å². The standard InChI is InChI=1S/C11H19N3O2/c1-2-3-9-10(15)14(11(16)13-9)7-8-4-5-12-6-8/h8-9,12H,2-7H2,1H3,(H,13,16). The zero-order valence-corrected chi connectivity index (χ0v) is 9.66. The fourth-order valence-electron chi connectivity index (χ4n) is 2.36. The summed E-state index contributed by atoms with van der Waals surface area (Å²) >= 11 is 0. The van der Waals surface area contributed by atoms with Gasteiger partial charge in [-0.3, -0.25) is 9.69 Å². The minimum absolute atomic E-state index is 0.0428. The van der Waals surface area contributed by atoms with Gasteiger partial charge in [-0.15, -0.1) is 0 Å². The summed E-state index contributed by atoms with van der Waals surface area (Å²) in [5.74, 6) is 0.383. The van der Waals surface area contributed by atoms with Crippen molar-refractivity contribution in [2.24, 2.45) is 5.92 Å². The van der Waals surface area contributed by atoms with Gasteiger partial charge in [0.05, 0.1) is 0 Å². The molecule has 3 amide bonds. The Kier molecular flexibility index (Phi) is 3.43. The van der Waals surface area contributed by atoms with Gasteiger partial charge in [0.25, 0.3) is 5.91 Å². The van der Waals surface area contributed by atoms with Crippen LogP contribution in [0, 0.1) is 5.92 Å². The molecule has 2 N–H and O–H groups in total. The van der Waals surface area contributed by atoms with E-state index >= 15 is 0 Å². The van der Waals surface area contributed by atoms with Crippen LogP contribution in [-0.4, -0.2) is 42.5 Å². The maximum absolute atomic E-state index is 11.9. The molecule has 2 rings (SSSR count). The lowest BCUT2D eigenvalue weighted by Gasteiger charge is -2.16. The molecule has 0 aliphatic carbocycles. The van der Waals surface area contributed by atoms with Gasteiger partial charge >= 0.3 is 6.03 Å². The van der Waals surface area contributed by atoms with E-state index in [-0.39, 0.29) is 18.0 Å². The molecule has 0 aromatic heterocycles. The highest BCUT2D eigenvalue weighted by Crippen LogP contribution is 2.16. The van der Waals surface area contributed by atoms with E-state index in [9.17, 15) is 9.59 Å². The van der Waals surface area contributed by atoms with Crippen molar-refractivity contribution in [3.63, 3.8) is 0 Å². The van der Waals surface area contributed by atoms with Crippen LogP contribution in [0.4, 0.5) is 4.79 Å².